The number of benzene rings is 2. The standard InChI is InChI=1S/C27H27Cl2F3N4O6S/c28-16-4-3-15(8-17(16)29)43-27-26(41-12-22(39)35-5-1-2-14(38)9-35)24(25(40)21(11-37)42-27)36-10-20(33-34-36)13-6-18(30)23(32)19(31)7-13/h3-4,6-8,10,14,21,24-27,37-38,40H,1-2,5,9,11-12H2/t14-,21+,24-,25-,26+,27+/m0/s1. The molecule has 0 bridgehead atoms. The molecule has 3 aromatic rings. The summed E-state index contributed by atoms with van der Waals surface area (Å²) in [5, 5.41) is 39.9. The number of piperidine rings is 1. The first-order chi connectivity index (χ1) is 20.5. The monoisotopic (exact) mass is 662 g/mol. The summed E-state index contributed by atoms with van der Waals surface area (Å²) in [7, 11) is 0. The highest BCUT2D eigenvalue weighted by Gasteiger charge is 2.48. The van der Waals surface area contributed by atoms with Crippen molar-refractivity contribution in [3.05, 3.63) is 64.0 Å². The molecule has 10 nitrogen and oxygen atoms in total. The van der Waals surface area contributed by atoms with Gasteiger partial charge >= 0.3 is 0 Å². The van der Waals surface area contributed by atoms with E-state index in [0.717, 1.165) is 23.9 Å². The van der Waals surface area contributed by atoms with Crippen molar-refractivity contribution < 1.29 is 42.8 Å². The fourth-order valence-electron chi connectivity index (χ4n) is 5.02. The lowest BCUT2D eigenvalue weighted by atomic mass is 9.97. The van der Waals surface area contributed by atoms with Crippen molar-refractivity contribution >= 4 is 40.9 Å². The molecule has 0 saturated carbocycles. The average Bonchev–Trinajstić information content (AvgIpc) is 3.47. The van der Waals surface area contributed by atoms with Crippen molar-refractivity contribution in [2.75, 3.05) is 26.3 Å². The summed E-state index contributed by atoms with van der Waals surface area (Å²) in [6.07, 6.45) is -1.84. The van der Waals surface area contributed by atoms with Gasteiger partial charge in [-0.15, -0.1) is 5.10 Å². The number of rotatable bonds is 8. The molecule has 3 N–H and O–H groups in total. The van der Waals surface area contributed by atoms with Gasteiger partial charge in [-0.05, 0) is 43.2 Å². The minimum atomic E-state index is -1.64. The molecule has 0 spiro atoms. The van der Waals surface area contributed by atoms with Crippen LogP contribution >= 0.6 is 35.0 Å². The van der Waals surface area contributed by atoms with E-state index in [1.807, 2.05) is 0 Å². The molecule has 0 unspecified atom stereocenters. The maximum atomic E-state index is 13.9. The molecule has 1 amide bonds. The van der Waals surface area contributed by atoms with Gasteiger partial charge in [-0.3, -0.25) is 4.79 Å². The summed E-state index contributed by atoms with van der Waals surface area (Å²) in [5.41, 5.74) is -1.10. The molecule has 2 aromatic carbocycles. The van der Waals surface area contributed by atoms with Crippen molar-refractivity contribution in [2.24, 2.45) is 0 Å². The van der Waals surface area contributed by atoms with Crippen LogP contribution in [-0.2, 0) is 14.3 Å². The fourth-order valence-corrected chi connectivity index (χ4v) is 6.55. The predicted octanol–water partition coefficient (Wildman–Crippen LogP) is 3.45. The van der Waals surface area contributed by atoms with E-state index in [1.54, 1.807) is 18.2 Å². The number of β-amino-alcohol motifs (C(OH)–C–C–N with tert-alkyl or cyclic N) is 1. The minimum absolute atomic E-state index is 0.0390. The Hall–Kier alpha value is -2.43. The summed E-state index contributed by atoms with van der Waals surface area (Å²) < 4.78 is 54.7. The topological polar surface area (TPSA) is 130 Å². The number of aliphatic hydroxyl groups excluding tert-OH is 3. The Morgan fingerprint density at radius 1 is 1.14 bits per heavy atom. The second-order valence-electron chi connectivity index (χ2n) is 10.1. The fraction of sp³-hybridized carbons (Fsp3) is 0.444. The zero-order chi connectivity index (χ0) is 30.8. The van der Waals surface area contributed by atoms with Gasteiger partial charge in [0.25, 0.3) is 0 Å². The Kier molecular flexibility index (Phi) is 10.2. The maximum Gasteiger partial charge on any atom is 0.248 e. The number of carbonyl (C=O) groups excluding carboxylic acids is 1. The van der Waals surface area contributed by atoms with Gasteiger partial charge in [0.1, 0.15) is 42.1 Å². The Bertz CT molecular complexity index is 1450. The SMILES string of the molecule is O=C(CO[C@@H]1[C@@H](n2cc(-c3cc(F)c(F)c(F)c3)nn2)[C@@H](O)[C@@H](CO)O[C@@H]1Sc1ccc(Cl)c(Cl)c1)N1CCC[C@H](O)C1. The van der Waals surface area contributed by atoms with E-state index in [2.05, 4.69) is 10.3 Å². The van der Waals surface area contributed by atoms with Gasteiger partial charge in [0.15, 0.2) is 17.5 Å². The number of ether oxygens (including phenoxy) is 2. The van der Waals surface area contributed by atoms with Crippen LogP contribution in [0.1, 0.15) is 18.9 Å². The summed E-state index contributed by atoms with van der Waals surface area (Å²) in [6.45, 7) is -0.441. The van der Waals surface area contributed by atoms with Crippen LogP contribution in [0.15, 0.2) is 41.4 Å². The van der Waals surface area contributed by atoms with Gasteiger partial charge < -0.3 is 29.7 Å². The molecule has 0 radical (unpaired) electrons. The number of thioether (sulfide) groups is 1. The minimum Gasteiger partial charge on any atom is -0.394 e. The molecular formula is C27H27Cl2F3N4O6S. The van der Waals surface area contributed by atoms with E-state index in [0.29, 0.717) is 29.3 Å². The Labute approximate surface area is 258 Å². The molecule has 43 heavy (non-hydrogen) atoms. The quantitative estimate of drug-likeness (QED) is 0.311. The smallest absolute Gasteiger partial charge is 0.248 e. The Morgan fingerprint density at radius 2 is 1.88 bits per heavy atom. The number of likely N-dealkylation sites (tertiary alicyclic amines) is 1. The van der Waals surface area contributed by atoms with E-state index < -0.39 is 72.5 Å². The van der Waals surface area contributed by atoms with Crippen LogP contribution in [0.25, 0.3) is 11.3 Å². The highest BCUT2D eigenvalue weighted by Crippen LogP contribution is 2.41. The van der Waals surface area contributed by atoms with Crippen LogP contribution in [0.2, 0.25) is 10.0 Å². The molecule has 16 heteroatoms. The van der Waals surface area contributed by atoms with Crippen LogP contribution in [0.4, 0.5) is 13.2 Å². The molecule has 2 aliphatic heterocycles. The summed E-state index contributed by atoms with van der Waals surface area (Å²) in [5.74, 6) is -4.87. The first-order valence-electron chi connectivity index (χ1n) is 13.3. The van der Waals surface area contributed by atoms with Crippen LogP contribution in [0.3, 0.4) is 0 Å². The zero-order valence-electron chi connectivity index (χ0n) is 22.3. The summed E-state index contributed by atoms with van der Waals surface area (Å²) in [4.78, 5) is 15.1. The van der Waals surface area contributed by atoms with Crippen molar-refractivity contribution in [3.8, 4) is 11.3 Å². The molecule has 2 fully saturated rings. The molecule has 3 heterocycles. The second-order valence-corrected chi connectivity index (χ2v) is 12.1. The average molecular weight is 664 g/mol. The first kappa shape index (κ1) is 32.0. The van der Waals surface area contributed by atoms with Crippen LogP contribution in [0.5, 0.6) is 0 Å². The molecule has 5 rings (SSSR count). The number of hydrogen-bond donors (Lipinski definition) is 3. The molecule has 232 valence electrons. The molecular weight excluding hydrogens is 636 g/mol. The van der Waals surface area contributed by atoms with E-state index >= 15 is 0 Å². The first-order valence-corrected chi connectivity index (χ1v) is 14.9. The van der Waals surface area contributed by atoms with Crippen molar-refractivity contribution in [1.29, 1.82) is 0 Å². The second kappa shape index (κ2) is 13.7. The van der Waals surface area contributed by atoms with Crippen LogP contribution in [-0.4, -0.2) is 97.3 Å². The number of halogens is 5. The van der Waals surface area contributed by atoms with Crippen LogP contribution in [0, 0.1) is 17.5 Å². The lowest BCUT2D eigenvalue weighted by molar-refractivity contribution is -0.195. The third-order valence-corrected chi connectivity index (χ3v) is 9.09. The van der Waals surface area contributed by atoms with Crippen LogP contribution < -0.4 is 0 Å². The number of aromatic nitrogens is 3. The molecule has 6 atom stereocenters. The number of hydrogen-bond acceptors (Lipinski definition) is 9. The number of nitrogens with zero attached hydrogens (tertiary/aromatic N) is 4. The maximum absolute atomic E-state index is 13.9. The van der Waals surface area contributed by atoms with Crippen molar-refractivity contribution in [2.45, 2.75) is 53.6 Å². The molecule has 2 aliphatic rings. The van der Waals surface area contributed by atoms with Gasteiger partial charge in [0.05, 0.1) is 29.0 Å². The summed E-state index contributed by atoms with van der Waals surface area (Å²) >= 11 is 13.4. The van der Waals surface area contributed by atoms with Crippen molar-refractivity contribution in [3.63, 3.8) is 0 Å². The predicted molar refractivity (Wildman–Crippen MR) is 150 cm³/mol. The summed E-state index contributed by atoms with van der Waals surface area (Å²) in [6, 6.07) is 5.24. The van der Waals surface area contributed by atoms with Gasteiger partial charge in [0, 0.05) is 23.5 Å². The molecule has 0 aliphatic carbocycles. The zero-order valence-corrected chi connectivity index (χ0v) is 24.7. The van der Waals surface area contributed by atoms with Gasteiger partial charge in [-0.25, -0.2) is 17.9 Å². The lowest BCUT2D eigenvalue weighted by Crippen LogP contribution is -2.56. The normalized spacial score (nSPS) is 26.1. The highest BCUT2D eigenvalue weighted by atomic mass is 35.5. The van der Waals surface area contributed by atoms with Crippen molar-refractivity contribution in [1.82, 2.24) is 19.9 Å². The third-order valence-electron chi connectivity index (χ3n) is 7.21. The number of carbonyl (C=O) groups is 1. The number of aliphatic hydroxyl groups is 3. The van der Waals surface area contributed by atoms with Gasteiger partial charge in [-0.2, -0.15) is 0 Å². The van der Waals surface area contributed by atoms with E-state index in [9.17, 15) is 33.3 Å². The van der Waals surface area contributed by atoms with Gasteiger partial charge in [-0.1, -0.05) is 40.2 Å². The van der Waals surface area contributed by atoms with E-state index in [-0.39, 0.29) is 22.8 Å². The third kappa shape index (κ3) is 7.12. The Balaban J connectivity index is 1.48. The van der Waals surface area contributed by atoms with Gasteiger partial charge in [0.2, 0.25) is 5.91 Å². The lowest BCUT2D eigenvalue weighted by Gasteiger charge is -2.44. The Morgan fingerprint density at radius 3 is 2.56 bits per heavy atom. The molecule has 2 saturated heterocycles. The van der Waals surface area contributed by atoms with E-state index in [4.69, 9.17) is 32.7 Å². The molecule has 1 aromatic heterocycles. The highest BCUT2D eigenvalue weighted by molar-refractivity contribution is 7.99. The number of amides is 1. The largest absolute Gasteiger partial charge is 0.394 e. The van der Waals surface area contributed by atoms with E-state index in [1.165, 1.54) is 15.8 Å².